The lowest BCUT2D eigenvalue weighted by Gasteiger charge is -2.20. The van der Waals surface area contributed by atoms with Crippen molar-refractivity contribution in [3.63, 3.8) is 0 Å². The molecule has 0 spiro atoms. The van der Waals surface area contributed by atoms with E-state index in [2.05, 4.69) is 20.6 Å². The van der Waals surface area contributed by atoms with E-state index in [1.54, 1.807) is 44.2 Å². The molecule has 0 radical (unpaired) electrons. The highest BCUT2D eigenvalue weighted by Crippen LogP contribution is 2.20. The van der Waals surface area contributed by atoms with Crippen LogP contribution in [0.1, 0.15) is 54.2 Å². The molecule has 138 valence electrons. The molecule has 0 aliphatic rings. The Hall–Kier alpha value is -2.96. The van der Waals surface area contributed by atoms with Gasteiger partial charge in [0, 0.05) is 11.2 Å². The Morgan fingerprint density at radius 2 is 1.85 bits per heavy atom. The van der Waals surface area contributed by atoms with Crippen molar-refractivity contribution in [2.75, 3.05) is 11.9 Å². The molecular weight excluding hydrogens is 332 g/mol. The van der Waals surface area contributed by atoms with Crippen LogP contribution in [0.5, 0.6) is 0 Å². The Bertz CT molecular complexity index is 813. The second kappa shape index (κ2) is 7.95. The lowest BCUT2D eigenvalue weighted by molar-refractivity contribution is 0.0527. The summed E-state index contributed by atoms with van der Waals surface area (Å²) >= 11 is 0. The van der Waals surface area contributed by atoms with Gasteiger partial charge < -0.3 is 15.4 Å². The maximum absolute atomic E-state index is 12.4. The van der Waals surface area contributed by atoms with Crippen molar-refractivity contribution in [2.24, 2.45) is 0 Å². The van der Waals surface area contributed by atoms with Gasteiger partial charge in [-0.25, -0.2) is 14.8 Å². The Kier molecular flexibility index (Phi) is 5.92. The van der Waals surface area contributed by atoms with Crippen LogP contribution in [0.3, 0.4) is 0 Å². The van der Waals surface area contributed by atoms with E-state index in [1.807, 2.05) is 20.8 Å². The first-order valence-corrected chi connectivity index (χ1v) is 8.41. The number of benzene rings is 1. The molecule has 0 bridgehead atoms. The zero-order valence-corrected chi connectivity index (χ0v) is 15.7. The molecule has 2 rings (SSSR count). The van der Waals surface area contributed by atoms with Crippen LogP contribution in [0.25, 0.3) is 0 Å². The fraction of sp³-hybridized carbons (Fsp3) is 0.368. The third-order valence-corrected chi connectivity index (χ3v) is 3.24. The quantitative estimate of drug-likeness (QED) is 0.799. The number of aromatic nitrogens is 2. The number of hydrogen-bond donors (Lipinski definition) is 2. The molecule has 7 nitrogen and oxygen atoms in total. The summed E-state index contributed by atoms with van der Waals surface area (Å²) in [7, 11) is 0. The van der Waals surface area contributed by atoms with Crippen LogP contribution in [-0.2, 0) is 4.74 Å². The molecule has 0 aliphatic carbocycles. The summed E-state index contributed by atoms with van der Waals surface area (Å²) < 4.78 is 5.06. The van der Waals surface area contributed by atoms with E-state index in [4.69, 9.17) is 4.74 Å². The normalized spacial score (nSPS) is 11.0. The molecule has 2 aromatic rings. The van der Waals surface area contributed by atoms with E-state index in [1.165, 1.54) is 0 Å². The molecule has 0 fully saturated rings. The summed E-state index contributed by atoms with van der Waals surface area (Å²) in [5.41, 5.74) is 1.40. The minimum atomic E-state index is -0.436. The summed E-state index contributed by atoms with van der Waals surface area (Å²) in [5.74, 6) is -0.487. The number of ether oxygens (including phenoxy) is 1. The molecule has 1 aromatic heterocycles. The minimum Gasteiger partial charge on any atom is -0.462 e. The number of para-hydroxylation sites is 1. The first kappa shape index (κ1) is 19.4. The fourth-order valence-corrected chi connectivity index (χ4v) is 2.24. The number of carbonyl (C=O) groups is 2. The van der Waals surface area contributed by atoms with Crippen LogP contribution in [-0.4, -0.2) is 34.0 Å². The summed E-state index contributed by atoms with van der Waals surface area (Å²) in [6, 6.07) is 8.53. The number of anilines is 2. The van der Waals surface area contributed by atoms with Crippen molar-refractivity contribution in [1.29, 1.82) is 0 Å². The van der Waals surface area contributed by atoms with Gasteiger partial charge in [-0.3, -0.25) is 4.79 Å². The summed E-state index contributed by atoms with van der Waals surface area (Å²) in [5, 5.41) is 5.88. The lowest BCUT2D eigenvalue weighted by Crippen LogP contribution is -2.41. The van der Waals surface area contributed by atoms with Gasteiger partial charge in [-0.1, -0.05) is 12.1 Å². The third-order valence-electron chi connectivity index (χ3n) is 3.24. The average Bonchev–Trinajstić information content (AvgIpc) is 2.53. The number of aryl methyl sites for hydroxylation is 1. The van der Waals surface area contributed by atoms with Crippen molar-refractivity contribution in [3.8, 4) is 0 Å². The zero-order chi connectivity index (χ0) is 19.3. The van der Waals surface area contributed by atoms with E-state index >= 15 is 0 Å². The Balaban J connectivity index is 2.31. The molecule has 0 atom stereocenters. The van der Waals surface area contributed by atoms with E-state index in [0.29, 0.717) is 16.9 Å². The van der Waals surface area contributed by atoms with Gasteiger partial charge in [0.2, 0.25) is 5.95 Å². The predicted molar refractivity (Wildman–Crippen MR) is 99.7 cm³/mol. The van der Waals surface area contributed by atoms with Crippen LogP contribution in [0.4, 0.5) is 11.6 Å². The van der Waals surface area contributed by atoms with Gasteiger partial charge in [0.1, 0.15) is 5.69 Å². The van der Waals surface area contributed by atoms with Crippen LogP contribution in [0.15, 0.2) is 30.3 Å². The van der Waals surface area contributed by atoms with Crippen LogP contribution in [0.2, 0.25) is 0 Å². The standard InChI is InChI=1S/C19H24N4O3/c1-6-26-17(25)13-9-7-8-10-14(13)21-18-20-12(2)11-15(22-18)16(24)23-19(3,4)5/h7-11H,6H2,1-5H3,(H,23,24)(H,20,21,22). The Labute approximate surface area is 153 Å². The van der Waals surface area contributed by atoms with Crippen molar-refractivity contribution >= 4 is 23.5 Å². The maximum Gasteiger partial charge on any atom is 0.340 e. The Morgan fingerprint density at radius 3 is 2.50 bits per heavy atom. The van der Waals surface area contributed by atoms with Crippen LogP contribution in [0, 0.1) is 6.92 Å². The third kappa shape index (κ3) is 5.27. The summed E-state index contributed by atoms with van der Waals surface area (Å²) in [6.45, 7) is 9.50. The number of rotatable bonds is 5. The average molecular weight is 356 g/mol. The molecule has 1 aromatic carbocycles. The van der Waals surface area contributed by atoms with E-state index in [9.17, 15) is 9.59 Å². The number of hydrogen-bond acceptors (Lipinski definition) is 6. The number of carbonyl (C=O) groups excluding carboxylic acids is 2. The predicted octanol–water partition coefficient (Wildman–Crippen LogP) is 3.23. The molecule has 0 saturated heterocycles. The van der Waals surface area contributed by atoms with Gasteiger partial charge >= 0.3 is 5.97 Å². The molecule has 2 N–H and O–H groups in total. The largest absolute Gasteiger partial charge is 0.462 e. The highest BCUT2D eigenvalue weighted by Gasteiger charge is 2.18. The smallest absolute Gasteiger partial charge is 0.340 e. The molecule has 26 heavy (non-hydrogen) atoms. The topological polar surface area (TPSA) is 93.2 Å². The Morgan fingerprint density at radius 1 is 1.15 bits per heavy atom. The molecule has 0 aliphatic heterocycles. The number of esters is 1. The molecular formula is C19H24N4O3. The molecule has 1 heterocycles. The fourth-order valence-electron chi connectivity index (χ4n) is 2.24. The van der Waals surface area contributed by atoms with Crippen LogP contribution < -0.4 is 10.6 Å². The number of nitrogens with one attached hydrogen (secondary N) is 2. The van der Waals surface area contributed by atoms with E-state index in [-0.39, 0.29) is 29.7 Å². The molecule has 0 unspecified atom stereocenters. The first-order chi connectivity index (χ1) is 12.2. The summed E-state index contributed by atoms with van der Waals surface area (Å²) in [4.78, 5) is 33.0. The second-order valence-electron chi connectivity index (χ2n) is 6.81. The lowest BCUT2D eigenvalue weighted by atomic mass is 10.1. The van der Waals surface area contributed by atoms with Gasteiger partial charge in [0.15, 0.2) is 0 Å². The second-order valence-corrected chi connectivity index (χ2v) is 6.81. The van der Waals surface area contributed by atoms with E-state index < -0.39 is 5.97 Å². The zero-order valence-electron chi connectivity index (χ0n) is 15.7. The molecule has 7 heteroatoms. The van der Waals surface area contributed by atoms with Gasteiger partial charge in [0.05, 0.1) is 17.9 Å². The summed E-state index contributed by atoms with van der Waals surface area (Å²) in [6.07, 6.45) is 0. The van der Waals surface area contributed by atoms with Gasteiger partial charge in [0.25, 0.3) is 5.91 Å². The monoisotopic (exact) mass is 356 g/mol. The first-order valence-electron chi connectivity index (χ1n) is 8.41. The SMILES string of the molecule is CCOC(=O)c1ccccc1Nc1nc(C)cc(C(=O)NC(C)(C)C)n1. The van der Waals surface area contributed by atoms with Gasteiger partial charge in [-0.05, 0) is 52.8 Å². The van der Waals surface area contributed by atoms with Crippen LogP contribution >= 0.6 is 0 Å². The van der Waals surface area contributed by atoms with Gasteiger partial charge in [-0.2, -0.15) is 0 Å². The minimum absolute atomic E-state index is 0.237. The number of amides is 1. The van der Waals surface area contributed by atoms with Crippen molar-refractivity contribution < 1.29 is 14.3 Å². The highest BCUT2D eigenvalue weighted by atomic mass is 16.5. The van der Waals surface area contributed by atoms with E-state index in [0.717, 1.165) is 0 Å². The molecule has 0 saturated carbocycles. The van der Waals surface area contributed by atoms with Crippen molar-refractivity contribution in [3.05, 3.63) is 47.3 Å². The number of nitrogens with zero attached hydrogens (tertiary/aromatic N) is 2. The van der Waals surface area contributed by atoms with Gasteiger partial charge in [-0.15, -0.1) is 0 Å². The maximum atomic E-state index is 12.4. The van der Waals surface area contributed by atoms with Crippen molar-refractivity contribution in [1.82, 2.24) is 15.3 Å². The highest BCUT2D eigenvalue weighted by molar-refractivity contribution is 5.96. The molecule has 1 amide bonds. The van der Waals surface area contributed by atoms with Crippen molar-refractivity contribution in [2.45, 2.75) is 40.2 Å².